The molecule has 0 heterocycles. The molecular weight excluding hydrogens is 263 g/mol. The normalized spacial score (nSPS) is 10.1. The van der Waals surface area contributed by atoms with Crippen LogP contribution in [0.15, 0.2) is 18.2 Å². The zero-order valence-corrected chi connectivity index (χ0v) is 11.4. The van der Waals surface area contributed by atoms with Gasteiger partial charge < -0.3 is 15.7 Å². The fourth-order valence-corrected chi connectivity index (χ4v) is 1.68. The van der Waals surface area contributed by atoms with Crippen molar-refractivity contribution in [1.82, 2.24) is 5.32 Å². The molecule has 0 aliphatic rings. The molecular formula is C14H19FN2O3. The van der Waals surface area contributed by atoms with Crippen molar-refractivity contribution in [2.24, 2.45) is 0 Å². The van der Waals surface area contributed by atoms with Crippen molar-refractivity contribution in [3.63, 3.8) is 0 Å². The fourth-order valence-electron chi connectivity index (χ4n) is 1.68. The summed E-state index contributed by atoms with van der Waals surface area (Å²) in [6, 6.07) is 3.80. The first-order chi connectivity index (χ1) is 9.49. The lowest BCUT2D eigenvalue weighted by Gasteiger charge is -2.09. The first kappa shape index (κ1) is 15.9. The molecule has 1 aromatic carbocycles. The summed E-state index contributed by atoms with van der Waals surface area (Å²) in [5.41, 5.74) is 1.22. The lowest BCUT2D eigenvalue weighted by Crippen LogP contribution is -2.29. The van der Waals surface area contributed by atoms with Gasteiger partial charge in [0.2, 0.25) is 0 Å². The van der Waals surface area contributed by atoms with Crippen LogP contribution in [0.2, 0.25) is 0 Å². The van der Waals surface area contributed by atoms with Gasteiger partial charge in [-0.05, 0) is 37.5 Å². The molecule has 0 unspecified atom stereocenters. The van der Waals surface area contributed by atoms with E-state index in [0.717, 1.165) is 12.0 Å². The SMILES string of the molecule is Cc1ccc(F)cc1NC(=O)NCCCCCC(=O)O. The van der Waals surface area contributed by atoms with E-state index >= 15 is 0 Å². The van der Waals surface area contributed by atoms with Gasteiger partial charge in [-0.3, -0.25) is 4.79 Å². The number of amides is 2. The molecule has 6 heteroatoms. The van der Waals surface area contributed by atoms with Gasteiger partial charge in [0.1, 0.15) is 5.82 Å². The highest BCUT2D eigenvalue weighted by Gasteiger charge is 2.05. The molecule has 0 atom stereocenters. The number of aryl methyl sites for hydroxylation is 1. The van der Waals surface area contributed by atoms with Crippen molar-refractivity contribution in [2.75, 3.05) is 11.9 Å². The van der Waals surface area contributed by atoms with Gasteiger partial charge in [-0.2, -0.15) is 0 Å². The predicted molar refractivity (Wildman–Crippen MR) is 74.3 cm³/mol. The summed E-state index contributed by atoms with van der Waals surface area (Å²) >= 11 is 0. The topological polar surface area (TPSA) is 78.4 Å². The molecule has 0 aliphatic heterocycles. The summed E-state index contributed by atoms with van der Waals surface area (Å²) in [6.45, 7) is 2.24. The maximum Gasteiger partial charge on any atom is 0.319 e. The van der Waals surface area contributed by atoms with E-state index in [-0.39, 0.29) is 6.42 Å². The average molecular weight is 282 g/mol. The Morgan fingerprint density at radius 3 is 2.70 bits per heavy atom. The largest absolute Gasteiger partial charge is 0.481 e. The second-order valence-corrected chi connectivity index (χ2v) is 4.54. The number of carbonyl (C=O) groups excluding carboxylic acids is 1. The number of hydrogen-bond acceptors (Lipinski definition) is 2. The third-order valence-electron chi connectivity index (χ3n) is 2.80. The van der Waals surface area contributed by atoms with Crippen LogP contribution in [0.3, 0.4) is 0 Å². The van der Waals surface area contributed by atoms with Gasteiger partial charge in [-0.15, -0.1) is 0 Å². The predicted octanol–water partition coefficient (Wildman–Crippen LogP) is 2.90. The summed E-state index contributed by atoms with van der Waals surface area (Å²) < 4.78 is 13.0. The van der Waals surface area contributed by atoms with Crippen LogP contribution in [-0.2, 0) is 4.79 Å². The number of anilines is 1. The van der Waals surface area contributed by atoms with Gasteiger partial charge in [0.15, 0.2) is 0 Å². The molecule has 110 valence electrons. The quantitative estimate of drug-likeness (QED) is 0.673. The van der Waals surface area contributed by atoms with Crippen molar-refractivity contribution < 1.29 is 19.1 Å². The average Bonchev–Trinajstić information content (AvgIpc) is 2.37. The van der Waals surface area contributed by atoms with E-state index in [1.807, 2.05) is 0 Å². The van der Waals surface area contributed by atoms with Crippen LogP contribution < -0.4 is 10.6 Å². The van der Waals surface area contributed by atoms with Crippen LogP contribution in [0.25, 0.3) is 0 Å². The highest BCUT2D eigenvalue weighted by Crippen LogP contribution is 2.15. The maximum absolute atomic E-state index is 13.0. The van der Waals surface area contributed by atoms with Gasteiger partial charge in [0, 0.05) is 18.7 Å². The number of aliphatic carboxylic acids is 1. The van der Waals surface area contributed by atoms with Crippen LogP contribution in [0.5, 0.6) is 0 Å². The molecule has 0 bridgehead atoms. The first-order valence-electron chi connectivity index (χ1n) is 6.52. The Balaban J connectivity index is 2.23. The minimum absolute atomic E-state index is 0.148. The second kappa shape index (κ2) is 8.14. The number of hydrogen-bond donors (Lipinski definition) is 3. The molecule has 5 nitrogen and oxygen atoms in total. The van der Waals surface area contributed by atoms with Crippen LogP contribution in [0.1, 0.15) is 31.2 Å². The molecule has 1 aromatic rings. The Morgan fingerprint density at radius 1 is 1.25 bits per heavy atom. The van der Waals surface area contributed by atoms with E-state index < -0.39 is 17.8 Å². The Hall–Kier alpha value is -2.11. The van der Waals surface area contributed by atoms with Crippen molar-refractivity contribution in [2.45, 2.75) is 32.6 Å². The van der Waals surface area contributed by atoms with Crippen LogP contribution in [0.4, 0.5) is 14.9 Å². The van der Waals surface area contributed by atoms with E-state index in [9.17, 15) is 14.0 Å². The van der Waals surface area contributed by atoms with Crippen molar-refractivity contribution in [1.29, 1.82) is 0 Å². The number of carboxylic acids is 1. The summed E-state index contributed by atoms with van der Waals surface area (Å²) in [7, 11) is 0. The van der Waals surface area contributed by atoms with Gasteiger partial charge in [-0.1, -0.05) is 12.5 Å². The third-order valence-corrected chi connectivity index (χ3v) is 2.80. The van der Waals surface area contributed by atoms with Crippen molar-refractivity contribution >= 4 is 17.7 Å². The number of halogens is 1. The second-order valence-electron chi connectivity index (χ2n) is 4.54. The number of nitrogens with one attached hydrogen (secondary N) is 2. The number of benzene rings is 1. The monoisotopic (exact) mass is 282 g/mol. The molecule has 0 fully saturated rings. The minimum Gasteiger partial charge on any atom is -0.481 e. The molecule has 0 aliphatic carbocycles. The Kier molecular flexibility index (Phi) is 6.49. The zero-order chi connectivity index (χ0) is 15.0. The van der Waals surface area contributed by atoms with E-state index in [4.69, 9.17) is 5.11 Å². The summed E-state index contributed by atoms with van der Waals surface area (Å²) in [5.74, 6) is -1.21. The van der Waals surface area contributed by atoms with Gasteiger partial charge in [-0.25, -0.2) is 9.18 Å². The zero-order valence-electron chi connectivity index (χ0n) is 11.4. The molecule has 0 saturated heterocycles. The number of carboxylic acid groups (broad SMARTS) is 1. The molecule has 20 heavy (non-hydrogen) atoms. The van der Waals surface area contributed by atoms with Crippen LogP contribution in [-0.4, -0.2) is 23.7 Å². The lowest BCUT2D eigenvalue weighted by molar-refractivity contribution is -0.137. The summed E-state index contributed by atoms with van der Waals surface area (Å²) in [5, 5.41) is 13.7. The molecule has 0 saturated carbocycles. The smallest absolute Gasteiger partial charge is 0.319 e. The maximum atomic E-state index is 13.0. The van der Waals surface area contributed by atoms with Gasteiger partial charge in [0.25, 0.3) is 0 Å². The highest BCUT2D eigenvalue weighted by molar-refractivity contribution is 5.89. The summed E-state index contributed by atoms with van der Waals surface area (Å²) in [4.78, 5) is 21.9. The number of rotatable bonds is 7. The van der Waals surface area contributed by atoms with E-state index in [2.05, 4.69) is 10.6 Å². The van der Waals surface area contributed by atoms with E-state index in [1.54, 1.807) is 13.0 Å². The van der Waals surface area contributed by atoms with Gasteiger partial charge >= 0.3 is 12.0 Å². The molecule has 1 rings (SSSR count). The third kappa shape index (κ3) is 6.17. The van der Waals surface area contributed by atoms with Crippen LogP contribution >= 0.6 is 0 Å². The minimum atomic E-state index is -0.808. The Bertz CT molecular complexity index is 477. The Morgan fingerprint density at radius 2 is 2.00 bits per heavy atom. The van der Waals surface area contributed by atoms with E-state index in [1.165, 1.54) is 12.1 Å². The highest BCUT2D eigenvalue weighted by atomic mass is 19.1. The standard InChI is InChI=1S/C14H19FN2O3/c1-10-6-7-11(15)9-12(10)17-14(20)16-8-4-2-3-5-13(18)19/h6-7,9H,2-5,8H2,1H3,(H,18,19)(H2,16,17,20). The number of unbranched alkanes of at least 4 members (excludes halogenated alkanes) is 2. The van der Waals surface area contributed by atoms with Crippen molar-refractivity contribution in [3.8, 4) is 0 Å². The molecule has 0 aromatic heterocycles. The first-order valence-corrected chi connectivity index (χ1v) is 6.52. The molecule has 0 radical (unpaired) electrons. The Labute approximate surface area is 117 Å². The fraction of sp³-hybridized carbons (Fsp3) is 0.429. The molecule has 0 spiro atoms. The summed E-state index contributed by atoms with van der Waals surface area (Å²) in [6.07, 6.45) is 2.20. The van der Waals surface area contributed by atoms with Gasteiger partial charge in [0.05, 0.1) is 0 Å². The molecule has 3 N–H and O–H groups in total. The molecule has 2 amide bonds. The lowest BCUT2D eigenvalue weighted by atomic mass is 10.2. The van der Waals surface area contributed by atoms with Crippen molar-refractivity contribution in [3.05, 3.63) is 29.6 Å². The van der Waals surface area contributed by atoms with E-state index in [0.29, 0.717) is 25.1 Å². The number of carbonyl (C=O) groups is 2. The van der Waals surface area contributed by atoms with Crippen LogP contribution in [0, 0.1) is 12.7 Å². The number of urea groups is 1.